The summed E-state index contributed by atoms with van der Waals surface area (Å²) in [6, 6.07) is 7.57. The standard InChI is InChI=1S/C15H19ClO/c1-14(2)13(15(14,3)4)12(17)9-10-6-5-7-11(16)8-10/h5-8,13H,9H2,1-4H3. The van der Waals surface area contributed by atoms with Crippen LogP contribution >= 0.6 is 11.6 Å². The number of carbonyl (C=O) groups is 1. The fraction of sp³-hybridized carbons (Fsp3) is 0.533. The Labute approximate surface area is 108 Å². The van der Waals surface area contributed by atoms with E-state index in [0.29, 0.717) is 17.2 Å². The number of halogens is 1. The largest absolute Gasteiger partial charge is 0.299 e. The third-order valence-electron chi connectivity index (χ3n) is 4.61. The fourth-order valence-corrected chi connectivity index (χ4v) is 3.16. The molecule has 1 aromatic carbocycles. The molecule has 0 N–H and O–H groups in total. The first-order valence-corrected chi connectivity index (χ1v) is 6.42. The number of hydrogen-bond acceptors (Lipinski definition) is 1. The first kappa shape index (κ1) is 12.6. The monoisotopic (exact) mass is 250 g/mol. The van der Waals surface area contributed by atoms with Crippen molar-refractivity contribution in [2.45, 2.75) is 34.1 Å². The van der Waals surface area contributed by atoms with Crippen LogP contribution in [0.3, 0.4) is 0 Å². The van der Waals surface area contributed by atoms with E-state index in [1.54, 1.807) is 0 Å². The highest BCUT2D eigenvalue weighted by Crippen LogP contribution is 2.68. The Balaban J connectivity index is 2.10. The van der Waals surface area contributed by atoms with Crippen LogP contribution in [0.5, 0.6) is 0 Å². The Kier molecular flexibility index (Phi) is 2.86. The van der Waals surface area contributed by atoms with Crippen molar-refractivity contribution in [1.29, 1.82) is 0 Å². The van der Waals surface area contributed by atoms with Gasteiger partial charge in [0, 0.05) is 17.4 Å². The van der Waals surface area contributed by atoms with Gasteiger partial charge >= 0.3 is 0 Å². The molecule has 2 rings (SSSR count). The number of rotatable bonds is 3. The van der Waals surface area contributed by atoms with Crippen LogP contribution in [0.1, 0.15) is 33.3 Å². The SMILES string of the molecule is CC1(C)C(C(=O)Cc2cccc(Cl)c2)C1(C)C. The molecule has 0 unspecified atom stereocenters. The van der Waals surface area contributed by atoms with Gasteiger partial charge in [-0.2, -0.15) is 0 Å². The molecule has 0 radical (unpaired) electrons. The lowest BCUT2D eigenvalue weighted by atomic mass is 10.0. The lowest BCUT2D eigenvalue weighted by Gasteiger charge is -2.03. The predicted molar refractivity (Wildman–Crippen MR) is 71.2 cm³/mol. The first-order valence-electron chi connectivity index (χ1n) is 6.04. The maximum Gasteiger partial charge on any atom is 0.141 e. The molecule has 1 fully saturated rings. The zero-order valence-corrected chi connectivity index (χ0v) is 11.6. The number of carbonyl (C=O) groups excluding carboxylic acids is 1. The normalized spacial score (nSPS) is 21.2. The molecule has 17 heavy (non-hydrogen) atoms. The van der Waals surface area contributed by atoms with Crippen LogP contribution in [-0.4, -0.2) is 5.78 Å². The maximum absolute atomic E-state index is 12.3. The van der Waals surface area contributed by atoms with Gasteiger partial charge in [0.25, 0.3) is 0 Å². The second-order valence-corrected chi connectivity index (χ2v) is 6.59. The summed E-state index contributed by atoms with van der Waals surface area (Å²) < 4.78 is 0. The summed E-state index contributed by atoms with van der Waals surface area (Å²) in [5, 5.41) is 0.699. The number of ketones is 1. The van der Waals surface area contributed by atoms with E-state index in [9.17, 15) is 4.79 Å². The van der Waals surface area contributed by atoms with Crippen LogP contribution in [0.4, 0.5) is 0 Å². The third kappa shape index (κ3) is 2.01. The molecule has 0 atom stereocenters. The zero-order chi connectivity index (χ0) is 12.8. The van der Waals surface area contributed by atoms with Crippen LogP contribution < -0.4 is 0 Å². The molecule has 1 aliphatic carbocycles. The molecule has 1 saturated carbocycles. The lowest BCUT2D eigenvalue weighted by Crippen LogP contribution is -2.10. The van der Waals surface area contributed by atoms with Gasteiger partial charge in [-0.05, 0) is 28.5 Å². The van der Waals surface area contributed by atoms with Gasteiger partial charge in [-0.1, -0.05) is 51.4 Å². The van der Waals surface area contributed by atoms with E-state index >= 15 is 0 Å². The quantitative estimate of drug-likeness (QED) is 0.788. The highest BCUT2D eigenvalue weighted by atomic mass is 35.5. The van der Waals surface area contributed by atoms with Gasteiger partial charge in [-0.3, -0.25) is 4.79 Å². The molecule has 0 saturated heterocycles. The van der Waals surface area contributed by atoms with Crippen molar-refractivity contribution in [3.05, 3.63) is 34.9 Å². The van der Waals surface area contributed by atoms with Gasteiger partial charge < -0.3 is 0 Å². The summed E-state index contributed by atoms with van der Waals surface area (Å²) in [4.78, 5) is 12.3. The summed E-state index contributed by atoms with van der Waals surface area (Å²) in [7, 11) is 0. The molecule has 0 spiro atoms. The molecular weight excluding hydrogens is 232 g/mol. The maximum atomic E-state index is 12.3. The van der Waals surface area contributed by atoms with E-state index in [1.165, 1.54) is 0 Å². The molecule has 2 heteroatoms. The summed E-state index contributed by atoms with van der Waals surface area (Å²) in [6.07, 6.45) is 0.498. The topological polar surface area (TPSA) is 17.1 Å². The number of hydrogen-bond donors (Lipinski definition) is 0. The summed E-state index contributed by atoms with van der Waals surface area (Å²) in [6.45, 7) is 8.70. The van der Waals surface area contributed by atoms with Crippen molar-refractivity contribution < 1.29 is 4.79 Å². The Morgan fingerprint density at radius 3 is 2.29 bits per heavy atom. The molecule has 1 aromatic rings. The second-order valence-electron chi connectivity index (χ2n) is 6.15. The van der Waals surface area contributed by atoms with Gasteiger partial charge in [0.2, 0.25) is 0 Å². The minimum atomic E-state index is 0.128. The Bertz CT molecular complexity index is 446. The van der Waals surface area contributed by atoms with Crippen molar-refractivity contribution in [3.8, 4) is 0 Å². The number of Topliss-reactive ketones (excluding diaryl/α,β-unsaturated/α-hetero) is 1. The van der Waals surface area contributed by atoms with Crippen molar-refractivity contribution in [2.24, 2.45) is 16.7 Å². The average Bonchev–Trinajstić information content (AvgIpc) is 2.56. The van der Waals surface area contributed by atoms with E-state index in [1.807, 2.05) is 24.3 Å². The third-order valence-corrected chi connectivity index (χ3v) is 4.85. The van der Waals surface area contributed by atoms with Gasteiger partial charge in [0.05, 0.1) is 0 Å². The zero-order valence-electron chi connectivity index (χ0n) is 10.9. The molecular formula is C15H19ClO. The fourth-order valence-electron chi connectivity index (χ4n) is 2.95. The van der Waals surface area contributed by atoms with Crippen LogP contribution in [0.2, 0.25) is 5.02 Å². The molecule has 1 aliphatic rings. The summed E-state index contributed by atoms with van der Waals surface area (Å²) >= 11 is 5.92. The van der Waals surface area contributed by atoms with Crippen molar-refractivity contribution in [2.75, 3.05) is 0 Å². The van der Waals surface area contributed by atoms with E-state index in [0.717, 1.165) is 5.56 Å². The predicted octanol–water partition coefficient (Wildman–Crippen LogP) is 4.13. The van der Waals surface area contributed by atoms with Crippen molar-refractivity contribution in [1.82, 2.24) is 0 Å². The van der Waals surface area contributed by atoms with Gasteiger partial charge in [-0.15, -0.1) is 0 Å². The molecule has 0 amide bonds. The van der Waals surface area contributed by atoms with E-state index in [2.05, 4.69) is 27.7 Å². The second kappa shape index (κ2) is 3.84. The van der Waals surface area contributed by atoms with E-state index in [-0.39, 0.29) is 16.7 Å². The highest BCUT2D eigenvalue weighted by Gasteiger charge is 2.67. The van der Waals surface area contributed by atoms with E-state index in [4.69, 9.17) is 11.6 Å². The average molecular weight is 251 g/mol. The van der Waals surface area contributed by atoms with Crippen LogP contribution in [-0.2, 0) is 11.2 Å². The molecule has 0 heterocycles. The highest BCUT2D eigenvalue weighted by molar-refractivity contribution is 6.30. The smallest absolute Gasteiger partial charge is 0.141 e. The minimum Gasteiger partial charge on any atom is -0.299 e. The van der Waals surface area contributed by atoms with Crippen LogP contribution in [0.25, 0.3) is 0 Å². The first-order chi connectivity index (χ1) is 7.76. The Morgan fingerprint density at radius 2 is 1.82 bits per heavy atom. The lowest BCUT2D eigenvalue weighted by molar-refractivity contribution is -0.120. The van der Waals surface area contributed by atoms with Crippen molar-refractivity contribution >= 4 is 17.4 Å². The Morgan fingerprint density at radius 1 is 1.24 bits per heavy atom. The Hall–Kier alpha value is -0.820. The molecule has 0 aliphatic heterocycles. The minimum absolute atomic E-state index is 0.128. The van der Waals surface area contributed by atoms with E-state index < -0.39 is 0 Å². The molecule has 0 bridgehead atoms. The van der Waals surface area contributed by atoms with Gasteiger partial charge in [0.15, 0.2) is 0 Å². The van der Waals surface area contributed by atoms with Crippen molar-refractivity contribution in [3.63, 3.8) is 0 Å². The van der Waals surface area contributed by atoms with Gasteiger partial charge in [0.1, 0.15) is 5.78 Å². The van der Waals surface area contributed by atoms with Crippen LogP contribution in [0, 0.1) is 16.7 Å². The molecule has 1 nitrogen and oxygen atoms in total. The van der Waals surface area contributed by atoms with Crippen LogP contribution in [0.15, 0.2) is 24.3 Å². The number of benzene rings is 1. The van der Waals surface area contributed by atoms with Gasteiger partial charge in [-0.25, -0.2) is 0 Å². The summed E-state index contributed by atoms with van der Waals surface area (Å²) in [5.74, 6) is 0.510. The molecule has 92 valence electrons. The molecule has 0 aromatic heterocycles. The summed E-state index contributed by atoms with van der Waals surface area (Å²) in [5.41, 5.74) is 1.27.